The summed E-state index contributed by atoms with van der Waals surface area (Å²) in [6.45, 7) is 4.85. The van der Waals surface area contributed by atoms with Gasteiger partial charge in [-0.3, -0.25) is 24.0 Å². The molecule has 0 spiro atoms. The molecule has 4 aliphatic heterocycles. The van der Waals surface area contributed by atoms with Crippen molar-refractivity contribution in [3.8, 4) is 34.5 Å². The predicted molar refractivity (Wildman–Crippen MR) is 216 cm³/mol. The summed E-state index contributed by atoms with van der Waals surface area (Å²) < 4.78 is 25.6. The molecule has 0 radical (unpaired) electrons. The molecule has 2 fully saturated rings. The summed E-state index contributed by atoms with van der Waals surface area (Å²) in [5.74, 6) is 4.50. The molecule has 0 aliphatic carbocycles. The lowest BCUT2D eigenvalue weighted by atomic mass is 10.2. The molecule has 6 aromatic rings. The summed E-state index contributed by atoms with van der Waals surface area (Å²) in [6.07, 6.45) is 14.7. The lowest BCUT2D eigenvalue weighted by Gasteiger charge is -2.30. The van der Waals surface area contributed by atoms with Gasteiger partial charge < -0.3 is 34.6 Å². The van der Waals surface area contributed by atoms with Crippen molar-refractivity contribution >= 4 is 52.4 Å². The molecular weight excluding hydrogens is 782 g/mol. The molecule has 19 nitrogen and oxygen atoms in total. The van der Waals surface area contributed by atoms with E-state index in [1.165, 1.54) is 6.20 Å². The number of nitrogen functional groups attached to an aromatic ring is 1. The molecule has 5 aromatic heterocycles. The number of imidazole rings is 2. The minimum Gasteiger partial charge on any atom is -0.494 e. The van der Waals surface area contributed by atoms with E-state index >= 15 is 0 Å². The van der Waals surface area contributed by atoms with Gasteiger partial charge in [-0.15, -0.1) is 0 Å². The number of fused-ring (bicyclic) bond motifs is 6. The number of nitrogens with two attached hydrogens (primary N) is 1. The van der Waals surface area contributed by atoms with Crippen molar-refractivity contribution in [2.24, 2.45) is 0 Å². The highest BCUT2D eigenvalue weighted by Gasteiger charge is 2.40. The number of carbonyl (C=O) groups excluding carboxylic acids is 2. The van der Waals surface area contributed by atoms with E-state index in [-0.39, 0.29) is 29.2 Å². The van der Waals surface area contributed by atoms with Crippen LogP contribution in [0.3, 0.4) is 0 Å². The molecule has 9 heterocycles. The van der Waals surface area contributed by atoms with Crippen LogP contribution in [0, 0.1) is 13.8 Å². The van der Waals surface area contributed by atoms with Gasteiger partial charge in [0.15, 0.2) is 34.7 Å². The molecular formula is C39H40ClN13O6. The minimum atomic E-state index is 0.0393. The van der Waals surface area contributed by atoms with Crippen molar-refractivity contribution in [1.29, 1.82) is 0 Å². The molecule has 304 valence electrons. The second kappa shape index (κ2) is 16.5. The summed E-state index contributed by atoms with van der Waals surface area (Å²) in [4.78, 5) is 56.8. The zero-order chi connectivity index (χ0) is 41.2. The Hall–Kier alpha value is -7.02. The molecule has 10 rings (SSSR count). The van der Waals surface area contributed by atoms with Crippen LogP contribution in [0.1, 0.15) is 37.1 Å². The SMILES string of the molecule is COc1cc(N)ccc1-n1cnc(C)c1.COc1cc(Nc2ncc3c(n2)N2C(=O)CCC2CO3)cnc1-n1cnc(C)c1.O=C1CCC2COc3cnc(Cl)nc3N12. The molecule has 59 heavy (non-hydrogen) atoms. The molecule has 1 aromatic carbocycles. The van der Waals surface area contributed by atoms with Crippen molar-refractivity contribution in [3.63, 3.8) is 0 Å². The number of aryl methyl sites for hydroxylation is 2. The topological polar surface area (TPSA) is 216 Å². The van der Waals surface area contributed by atoms with E-state index in [4.69, 9.17) is 36.3 Å². The number of nitrogens with one attached hydrogen (secondary N) is 1. The number of hydrogen-bond acceptors (Lipinski definition) is 15. The standard InChI is InChI=1S/C19H19N7O3.C11H13N3O.C9H8ClN3O2/c1-11-8-25(10-22-11)17-14(28-2)5-12(6-20-17)23-19-21-7-15-18(24-19)26-13(9-29-15)3-4-16(26)27;1-8-6-14(7-13-8)10-4-3-9(12)5-11(10)15-2;10-9-11-3-6-8(12-9)13-5(4-15-6)1-2-7(13)14/h5-8,10,13H,3-4,9H2,1-2H3,(H,21,23,24);3-7H,12H2,1-2H3;3,5H,1-2,4H2. The van der Waals surface area contributed by atoms with Crippen LogP contribution in [0.5, 0.6) is 23.0 Å². The number of anilines is 5. The zero-order valence-corrected chi connectivity index (χ0v) is 33.3. The number of nitrogens with zero attached hydrogens (tertiary/aromatic N) is 11. The van der Waals surface area contributed by atoms with E-state index in [0.29, 0.717) is 78.1 Å². The van der Waals surface area contributed by atoms with Crippen molar-refractivity contribution in [1.82, 2.24) is 44.0 Å². The first-order valence-corrected chi connectivity index (χ1v) is 19.0. The van der Waals surface area contributed by atoms with Crippen LogP contribution in [0.4, 0.5) is 29.0 Å². The van der Waals surface area contributed by atoms with Crippen molar-refractivity contribution in [2.45, 2.75) is 51.6 Å². The first-order chi connectivity index (χ1) is 28.6. The number of ether oxygens (including phenoxy) is 4. The molecule has 2 amide bonds. The Kier molecular flexibility index (Phi) is 10.8. The van der Waals surface area contributed by atoms with Gasteiger partial charge in [0.2, 0.25) is 23.0 Å². The average Bonchev–Trinajstić information content (AvgIpc) is 4.06. The van der Waals surface area contributed by atoms with E-state index in [0.717, 1.165) is 35.7 Å². The number of carbonyl (C=O) groups is 2. The van der Waals surface area contributed by atoms with Crippen LogP contribution in [-0.2, 0) is 9.59 Å². The van der Waals surface area contributed by atoms with E-state index in [2.05, 4.69) is 40.2 Å². The fourth-order valence-electron chi connectivity index (χ4n) is 7.04. The second-order valence-electron chi connectivity index (χ2n) is 13.9. The number of pyridine rings is 1. The van der Waals surface area contributed by atoms with Gasteiger partial charge in [0, 0.05) is 43.1 Å². The number of aromatic nitrogens is 9. The third-order valence-corrected chi connectivity index (χ3v) is 10.1. The maximum Gasteiger partial charge on any atom is 0.229 e. The highest BCUT2D eigenvalue weighted by Crippen LogP contribution is 2.38. The molecule has 0 saturated carbocycles. The van der Waals surface area contributed by atoms with Gasteiger partial charge in [-0.25, -0.2) is 24.9 Å². The second-order valence-corrected chi connectivity index (χ2v) is 14.2. The van der Waals surface area contributed by atoms with E-state index in [1.54, 1.807) is 65.8 Å². The molecule has 20 heteroatoms. The van der Waals surface area contributed by atoms with Gasteiger partial charge >= 0.3 is 0 Å². The molecule has 0 bridgehead atoms. The van der Waals surface area contributed by atoms with Crippen LogP contribution in [0.25, 0.3) is 11.5 Å². The number of halogens is 1. The number of methoxy groups -OCH3 is 2. The fourth-order valence-corrected chi connectivity index (χ4v) is 7.17. The third-order valence-electron chi connectivity index (χ3n) is 9.87. The zero-order valence-electron chi connectivity index (χ0n) is 32.6. The average molecular weight is 822 g/mol. The Morgan fingerprint density at radius 3 is 1.97 bits per heavy atom. The van der Waals surface area contributed by atoms with Gasteiger partial charge in [-0.2, -0.15) is 9.97 Å². The van der Waals surface area contributed by atoms with Gasteiger partial charge in [0.25, 0.3) is 0 Å². The summed E-state index contributed by atoms with van der Waals surface area (Å²) in [5.41, 5.74) is 9.81. The third kappa shape index (κ3) is 8.09. The Balaban J connectivity index is 0.000000136. The number of rotatable bonds is 6. The van der Waals surface area contributed by atoms with Crippen LogP contribution >= 0.6 is 11.6 Å². The van der Waals surface area contributed by atoms with Crippen LogP contribution in [0.2, 0.25) is 5.28 Å². The van der Waals surface area contributed by atoms with Crippen LogP contribution < -0.4 is 39.8 Å². The van der Waals surface area contributed by atoms with Gasteiger partial charge in [0.05, 0.1) is 74.0 Å². The Morgan fingerprint density at radius 2 is 1.36 bits per heavy atom. The highest BCUT2D eigenvalue weighted by molar-refractivity contribution is 6.28. The molecule has 3 N–H and O–H groups in total. The van der Waals surface area contributed by atoms with Crippen LogP contribution in [0.15, 0.2) is 67.9 Å². The van der Waals surface area contributed by atoms with Crippen molar-refractivity contribution in [3.05, 3.63) is 84.6 Å². The molecule has 2 atom stereocenters. The number of amides is 2. The number of hydrogen-bond donors (Lipinski definition) is 2. The van der Waals surface area contributed by atoms with E-state index in [1.807, 2.05) is 42.9 Å². The summed E-state index contributed by atoms with van der Waals surface area (Å²) in [7, 11) is 3.21. The molecule has 4 aliphatic rings. The maximum atomic E-state index is 12.3. The van der Waals surface area contributed by atoms with Crippen molar-refractivity contribution < 1.29 is 28.5 Å². The smallest absolute Gasteiger partial charge is 0.229 e. The highest BCUT2D eigenvalue weighted by atomic mass is 35.5. The first-order valence-electron chi connectivity index (χ1n) is 18.6. The van der Waals surface area contributed by atoms with E-state index < -0.39 is 0 Å². The van der Waals surface area contributed by atoms with Gasteiger partial charge in [-0.1, -0.05) is 0 Å². The quantitative estimate of drug-likeness (QED) is 0.171. The van der Waals surface area contributed by atoms with Gasteiger partial charge in [0.1, 0.15) is 25.3 Å². The predicted octanol–water partition coefficient (Wildman–Crippen LogP) is 4.80. The minimum absolute atomic E-state index is 0.0393. The van der Waals surface area contributed by atoms with Crippen LogP contribution in [-0.4, -0.2) is 95.4 Å². The number of benzene rings is 1. The monoisotopic (exact) mass is 821 g/mol. The lowest BCUT2D eigenvalue weighted by molar-refractivity contribution is -0.118. The Labute approximate surface area is 343 Å². The molecule has 2 unspecified atom stereocenters. The summed E-state index contributed by atoms with van der Waals surface area (Å²) in [6, 6.07) is 7.50. The largest absolute Gasteiger partial charge is 0.494 e. The van der Waals surface area contributed by atoms with Gasteiger partial charge in [-0.05, 0) is 50.4 Å². The first kappa shape index (κ1) is 38.8. The fraction of sp³-hybridized carbons (Fsp3) is 0.308. The van der Waals surface area contributed by atoms with E-state index in [9.17, 15) is 9.59 Å². The lowest BCUT2D eigenvalue weighted by Crippen LogP contribution is -2.41. The normalized spacial score (nSPS) is 17.2. The Bertz CT molecular complexity index is 2530. The maximum absolute atomic E-state index is 12.3. The molecule has 2 saturated heterocycles. The van der Waals surface area contributed by atoms with Crippen molar-refractivity contribution in [2.75, 3.05) is 48.3 Å². The Morgan fingerprint density at radius 1 is 0.746 bits per heavy atom. The summed E-state index contributed by atoms with van der Waals surface area (Å²) >= 11 is 5.70. The summed E-state index contributed by atoms with van der Waals surface area (Å²) in [5, 5.41) is 3.26.